The second-order valence-electron chi connectivity index (χ2n) is 6.07. The molecule has 3 nitrogen and oxygen atoms in total. The van der Waals surface area contributed by atoms with Gasteiger partial charge in [-0.2, -0.15) is 0 Å². The summed E-state index contributed by atoms with van der Waals surface area (Å²) < 4.78 is 8.20. The van der Waals surface area contributed by atoms with Crippen LogP contribution in [0.15, 0.2) is 66.0 Å². The standard InChI is InChI=1S/C21H20N2OS/c1-16-7-4-8-17(15-16)24-13-6-12-23-19-10-3-2-9-18(19)22-21(23)20-11-5-14-25-20/h2-5,7-11,14-15H,6,12-13H2,1H3. The fourth-order valence-electron chi connectivity index (χ4n) is 3.01. The lowest BCUT2D eigenvalue weighted by molar-refractivity contribution is 0.302. The summed E-state index contributed by atoms with van der Waals surface area (Å²) in [4.78, 5) is 6.04. The highest BCUT2D eigenvalue weighted by atomic mass is 32.1. The lowest BCUT2D eigenvalue weighted by atomic mass is 10.2. The number of para-hydroxylation sites is 2. The van der Waals surface area contributed by atoms with Gasteiger partial charge >= 0.3 is 0 Å². The van der Waals surface area contributed by atoms with Gasteiger partial charge in [-0.3, -0.25) is 0 Å². The van der Waals surface area contributed by atoms with Gasteiger partial charge in [0.25, 0.3) is 0 Å². The van der Waals surface area contributed by atoms with Crippen LogP contribution in [0.2, 0.25) is 0 Å². The highest BCUT2D eigenvalue weighted by Gasteiger charge is 2.12. The van der Waals surface area contributed by atoms with Gasteiger partial charge in [0, 0.05) is 6.54 Å². The molecule has 0 aliphatic carbocycles. The summed E-state index contributed by atoms with van der Waals surface area (Å²) in [6.07, 6.45) is 0.937. The molecular formula is C21H20N2OS. The average Bonchev–Trinajstić information content (AvgIpc) is 3.26. The van der Waals surface area contributed by atoms with E-state index in [9.17, 15) is 0 Å². The Hall–Kier alpha value is -2.59. The van der Waals surface area contributed by atoms with Crippen LogP contribution < -0.4 is 4.74 Å². The molecule has 126 valence electrons. The molecule has 2 aromatic carbocycles. The average molecular weight is 348 g/mol. The minimum Gasteiger partial charge on any atom is -0.494 e. The van der Waals surface area contributed by atoms with Crippen molar-refractivity contribution in [2.75, 3.05) is 6.61 Å². The first-order valence-corrected chi connectivity index (χ1v) is 9.38. The molecule has 4 rings (SSSR count). The van der Waals surface area contributed by atoms with E-state index in [1.165, 1.54) is 16.0 Å². The van der Waals surface area contributed by atoms with Gasteiger partial charge in [0.2, 0.25) is 0 Å². The fraction of sp³-hybridized carbons (Fsp3) is 0.190. The zero-order valence-corrected chi connectivity index (χ0v) is 15.0. The van der Waals surface area contributed by atoms with Crippen molar-refractivity contribution in [2.24, 2.45) is 0 Å². The van der Waals surface area contributed by atoms with E-state index in [-0.39, 0.29) is 0 Å². The molecule has 0 bridgehead atoms. The summed E-state index contributed by atoms with van der Waals surface area (Å²) in [7, 11) is 0. The zero-order valence-electron chi connectivity index (χ0n) is 14.2. The minimum atomic E-state index is 0.694. The van der Waals surface area contributed by atoms with Crippen LogP contribution in [-0.4, -0.2) is 16.2 Å². The van der Waals surface area contributed by atoms with Crippen LogP contribution in [-0.2, 0) is 6.54 Å². The zero-order chi connectivity index (χ0) is 17.1. The Balaban J connectivity index is 1.51. The van der Waals surface area contributed by atoms with Crippen molar-refractivity contribution in [3.63, 3.8) is 0 Å². The quantitative estimate of drug-likeness (QED) is 0.428. The third kappa shape index (κ3) is 3.44. The van der Waals surface area contributed by atoms with Crippen LogP contribution >= 0.6 is 11.3 Å². The highest BCUT2D eigenvalue weighted by Crippen LogP contribution is 2.28. The van der Waals surface area contributed by atoms with E-state index in [0.717, 1.165) is 30.1 Å². The number of nitrogens with zero attached hydrogens (tertiary/aromatic N) is 2. The predicted molar refractivity (Wildman–Crippen MR) is 104 cm³/mol. The van der Waals surface area contributed by atoms with E-state index in [1.54, 1.807) is 11.3 Å². The van der Waals surface area contributed by atoms with Crippen molar-refractivity contribution in [2.45, 2.75) is 19.9 Å². The van der Waals surface area contributed by atoms with E-state index in [4.69, 9.17) is 9.72 Å². The number of hydrogen-bond donors (Lipinski definition) is 0. The highest BCUT2D eigenvalue weighted by molar-refractivity contribution is 7.13. The number of aryl methyl sites for hydroxylation is 2. The van der Waals surface area contributed by atoms with Crippen LogP contribution in [0.4, 0.5) is 0 Å². The van der Waals surface area contributed by atoms with Gasteiger partial charge in [0.1, 0.15) is 5.75 Å². The van der Waals surface area contributed by atoms with Crippen LogP contribution in [0.3, 0.4) is 0 Å². The first-order valence-electron chi connectivity index (χ1n) is 8.50. The molecule has 2 aromatic heterocycles. The fourth-order valence-corrected chi connectivity index (χ4v) is 3.74. The van der Waals surface area contributed by atoms with Crippen LogP contribution in [0, 0.1) is 6.92 Å². The van der Waals surface area contributed by atoms with Gasteiger partial charge in [-0.05, 0) is 54.6 Å². The molecule has 0 amide bonds. The predicted octanol–water partition coefficient (Wildman–Crippen LogP) is 5.54. The summed E-state index contributed by atoms with van der Waals surface area (Å²) >= 11 is 1.73. The number of benzene rings is 2. The minimum absolute atomic E-state index is 0.694. The molecule has 0 radical (unpaired) electrons. The Labute approximate surface area is 151 Å². The lowest BCUT2D eigenvalue weighted by Crippen LogP contribution is -2.05. The smallest absolute Gasteiger partial charge is 0.151 e. The second kappa shape index (κ2) is 7.11. The molecule has 0 N–H and O–H groups in total. The SMILES string of the molecule is Cc1cccc(OCCCn2c(-c3cccs3)nc3ccccc32)c1. The lowest BCUT2D eigenvalue weighted by Gasteiger charge is -2.10. The third-order valence-corrected chi connectivity index (χ3v) is 5.05. The van der Waals surface area contributed by atoms with E-state index < -0.39 is 0 Å². The van der Waals surface area contributed by atoms with E-state index in [0.29, 0.717) is 6.61 Å². The molecule has 0 aliphatic rings. The number of ether oxygens (including phenoxy) is 1. The van der Waals surface area contributed by atoms with Gasteiger partial charge in [-0.1, -0.05) is 30.3 Å². The summed E-state index contributed by atoms with van der Waals surface area (Å²) in [6.45, 7) is 3.66. The van der Waals surface area contributed by atoms with E-state index in [2.05, 4.69) is 59.3 Å². The van der Waals surface area contributed by atoms with Crippen molar-refractivity contribution < 1.29 is 4.74 Å². The molecule has 0 fully saturated rings. The molecule has 0 saturated carbocycles. The maximum Gasteiger partial charge on any atom is 0.151 e. The molecule has 0 atom stereocenters. The Kier molecular flexibility index (Phi) is 4.53. The largest absolute Gasteiger partial charge is 0.494 e. The van der Waals surface area contributed by atoms with E-state index >= 15 is 0 Å². The number of hydrogen-bond acceptors (Lipinski definition) is 3. The normalized spacial score (nSPS) is 11.1. The van der Waals surface area contributed by atoms with Gasteiger partial charge in [-0.25, -0.2) is 4.98 Å². The van der Waals surface area contributed by atoms with Gasteiger partial charge in [0.05, 0.1) is 22.5 Å². The molecule has 2 heterocycles. The molecule has 0 saturated heterocycles. The molecule has 4 heteroatoms. The maximum absolute atomic E-state index is 5.90. The number of fused-ring (bicyclic) bond motifs is 1. The van der Waals surface area contributed by atoms with Gasteiger partial charge in [-0.15, -0.1) is 11.3 Å². The van der Waals surface area contributed by atoms with Crippen molar-refractivity contribution in [3.8, 4) is 16.5 Å². The Morgan fingerprint density at radius 1 is 1.04 bits per heavy atom. The summed E-state index contributed by atoms with van der Waals surface area (Å²) in [5, 5.41) is 2.10. The summed E-state index contributed by atoms with van der Waals surface area (Å²) in [6, 6.07) is 20.7. The molecular weight excluding hydrogens is 328 g/mol. The Bertz CT molecular complexity index is 973. The van der Waals surface area contributed by atoms with Crippen LogP contribution in [0.5, 0.6) is 5.75 Å². The molecule has 0 aliphatic heterocycles. The van der Waals surface area contributed by atoms with Crippen LogP contribution in [0.1, 0.15) is 12.0 Å². The number of rotatable bonds is 6. The first kappa shape index (κ1) is 15.9. The van der Waals surface area contributed by atoms with Crippen LogP contribution in [0.25, 0.3) is 21.7 Å². The molecule has 0 spiro atoms. The second-order valence-corrected chi connectivity index (χ2v) is 7.02. The summed E-state index contributed by atoms with van der Waals surface area (Å²) in [5.41, 5.74) is 3.45. The van der Waals surface area contributed by atoms with Crippen molar-refractivity contribution in [3.05, 3.63) is 71.6 Å². The summed E-state index contributed by atoms with van der Waals surface area (Å²) in [5.74, 6) is 1.99. The topological polar surface area (TPSA) is 27.1 Å². The molecule has 0 unspecified atom stereocenters. The van der Waals surface area contributed by atoms with Gasteiger partial charge < -0.3 is 9.30 Å². The van der Waals surface area contributed by atoms with Crippen molar-refractivity contribution in [1.82, 2.24) is 9.55 Å². The number of thiophene rings is 1. The monoisotopic (exact) mass is 348 g/mol. The Morgan fingerprint density at radius 3 is 2.80 bits per heavy atom. The Morgan fingerprint density at radius 2 is 1.96 bits per heavy atom. The van der Waals surface area contributed by atoms with E-state index in [1.807, 2.05) is 18.2 Å². The van der Waals surface area contributed by atoms with Crippen molar-refractivity contribution >= 4 is 22.4 Å². The third-order valence-electron chi connectivity index (χ3n) is 4.18. The number of aromatic nitrogens is 2. The van der Waals surface area contributed by atoms with Crippen molar-refractivity contribution in [1.29, 1.82) is 0 Å². The molecule has 25 heavy (non-hydrogen) atoms. The van der Waals surface area contributed by atoms with Gasteiger partial charge in [0.15, 0.2) is 5.82 Å². The first-order chi connectivity index (χ1) is 12.3. The maximum atomic E-state index is 5.90. The molecule has 4 aromatic rings. The number of imidazole rings is 1.